The highest BCUT2D eigenvalue weighted by atomic mass is 32.1. The Morgan fingerprint density at radius 2 is 1.95 bits per heavy atom. The predicted octanol–water partition coefficient (Wildman–Crippen LogP) is 4.01. The fraction of sp³-hybridized carbons (Fsp3) is 0.400. The van der Waals surface area contributed by atoms with Gasteiger partial charge in [-0.1, -0.05) is 20.8 Å². The Morgan fingerprint density at radius 1 is 1.20 bits per heavy atom. The van der Waals surface area contributed by atoms with Crippen molar-refractivity contribution in [3.05, 3.63) is 51.5 Å². The van der Waals surface area contributed by atoms with Gasteiger partial charge >= 0.3 is 0 Å². The molecule has 0 aliphatic carbocycles. The molecule has 0 saturated carbocycles. The Bertz CT molecular complexity index is 588. The highest BCUT2D eigenvalue weighted by Crippen LogP contribution is 2.26. The monoisotopic (exact) mass is 296 g/mol. The van der Waals surface area contributed by atoms with E-state index < -0.39 is 11.6 Å². The quantitative estimate of drug-likeness (QED) is 0.922. The van der Waals surface area contributed by atoms with Crippen molar-refractivity contribution in [1.29, 1.82) is 0 Å². The van der Waals surface area contributed by atoms with Gasteiger partial charge in [-0.3, -0.25) is 0 Å². The lowest BCUT2D eigenvalue weighted by Gasteiger charge is -2.13. The van der Waals surface area contributed by atoms with Crippen LogP contribution < -0.4 is 5.32 Å². The minimum absolute atomic E-state index is 0.0393. The molecule has 0 fully saturated rings. The van der Waals surface area contributed by atoms with Crippen molar-refractivity contribution in [2.45, 2.75) is 39.3 Å². The zero-order chi connectivity index (χ0) is 14.8. The second-order valence-corrected chi connectivity index (χ2v) is 6.84. The Morgan fingerprint density at radius 3 is 2.60 bits per heavy atom. The lowest BCUT2D eigenvalue weighted by molar-refractivity contribution is 0.569. The van der Waals surface area contributed by atoms with Gasteiger partial charge in [0.1, 0.15) is 11.6 Å². The van der Waals surface area contributed by atoms with E-state index in [9.17, 15) is 8.78 Å². The molecule has 0 radical (unpaired) electrons. The van der Waals surface area contributed by atoms with Crippen LogP contribution in [0.5, 0.6) is 0 Å². The van der Waals surface area contributed by atoms with E-state index >= 15 is 0 Å². The van der Waals surface area contributed by atoms with E-state index in [1.165, 1.54) is 6.07 Å². The Kier molecular flexibility index (Phi) is 4.50. The molecule has 0 spiro atoms. The zero-order valence-corrected chi connectivity index (χ0v) is 12.7. The molecule has 2 aromatic rings. The van der Waals surface area contributed by atoms with Gasteiger partial charge in [0.2, 0.25) is 0 Å². The highest BCUT2D eigenvalue weighted by Gasteiger charge is 2.17. The molecule has 0 unspecified atom stereocenters. The summed E-state index contributed by atoms with van der Waals surface area (Å²) in [5.41, 5.74) is 0.378. The lowest BCUT2D eigenvalue weighted by atomic mass is 9.98. The number of halogens is 2. The van der Waals surface area contributed by atoms with Gasteiger partial charge in [0, 0.05) is 35.1 Å². The maximum absolute atomic E-state index is 13.4. The average molecular weight is 296 g/mol. The summed E-state index contributed by atoms with van der Waals surface area (Å²) in [6.45, 7) is 7.25. The van der Waals surface area contributed by atoms with Crippen molar-refractivity contribution >= 4 is 11.3 Å². The molecule has 0 amide bonds. The van der Waals surface area contributed by atoms with Crippen molar-refractivity contribution in [2.75, 3.05) is 0 Å². The average Bonchev–Trinajstić information content (AvgIpc) is 2.82. The Labute approximate surface area is 121 Å². The summed E-state index contributed by atoms with van der Waals surface area (Å²) in [5, 5.41) is 4.19. The van der Waals surface area contributed by atoms with Crippen molar-refractivity contribution in [2.24, 2.45) is 0 Å². The van der Waals surface area contributed by atoms with Gasteiger partial charge in [0.25, 0.3) is 0 Å². The molecule has 0 saturated heterocycles. The molecule has 0 bridgehead atoms. The highest BCUT2D eigenvalue weighted by molar-refractivity contribution is 7.11. The summed E-state index contributed by atoms with van der Waals surface area (Å²) in [6.07, 6.45) is 1.83. The molecule has 1 aromatic heterocycles. The van der Waals surface area contributed by atoms with Crippen LogP contribution in [-0.4, -0.2) is 4.98 Å². The molecule has 20 heavy (non-hydrogen) atoms. The van der Waals surface area contributed by atoms with Crippen LogP contribution in [0.25, 0.3) is 0 Å². The van der Waals surface area contributed by atoms with E-state index in [2.05, 4.69) is 31.1 Å². The van der Waals surface area contributed by atoms with Crippen LogP contribution in [0, 0.1) is 11.6 Å². The van der Waals surface area contributed by atoms with E-state index in [0.717, 1.165) is 22.0 Å². The molecular formula is C15H18F2N2S. The van der Waals surface area contributed by atoms with Crippen LogP contribution in [0.1, 0.15) is 36.2 Å². The van der Waals surface area contributed by atoms with Crippen LogP contribution in [-0.2, 0) is 18.5 Å². The minimum atomic E-state index is -0.420. The van der Waals surface area contributed by atoms with Crippen molar-refractivity contribution < 1.29 is 8.78 Å². The third-order valence-corrected chi connectivity index (χ3v) is 4.24. The second-order valence-electron chi connectivity index (χ2n) is 5.72. The predicted molar refractivity (Wildman–Crippen MR) is 77.7 cm³/mol. The fourth-order valence-corrected chi connectivity index (χ4v) is 2.67. The van der Waals surface area contributed by atoms with E-state index in [0.29, 0.717) is 18.7 Å². The fourth-order valence-electron chi connectivity index (χ4n) is 1.74. The number of hydrogen-bond donors (Lipinski definition) is 1. The number of thiazole rings is 1. The van der Waals surface area contributed by atoms with E-state index in [4.69, 9.17) is 0 Å². The molecule has 1 N–H and O–H groups in total. The first-order valence-electron chi connectivity index (χ1n) is 6.46. The molecule has 0 atom stereocenters. The van der Waals surface area contributed by atoms with Crippen LogP contribution in [0.15, 0.2) is 24.4 Å². The third kappa shape index (κ3) is 3.84. The first kappa shape index (κ1) is 15.1. The Balaban J connectivity index is 1.93. The molecule has 0 aliphatic heterocycles. The van der Waals surface area contributed by atoms with Crippen LogP contribution >= 0.6 is 11.3 Å². The summed E-state index contributed by atoms with van der Waals surface area (Å²) in [7, 11) is 0. The topological polar surface area (TPSA) is 24.9 Å². The summed E-state index contributed by atoms with van der Waals surface area (Å²) in [4.78, 5) is 5.48. The summed E-state index contributed by atoms with van der Waals surface area (Å²) in [6, 6.07) is 3.49. The lowest BCUT2D eigenvalue weighted by Crippen LogP contribution is -2.13. The maximum Gasteiger partial charge on any atom is 0.127 e. The van der Waals surface area contributed by atoms with Crippen molar-refractivity contribution in [3.8, 4) is 0 Å². The molecule has 5 heteroatoms. The van der Waals surface area contributed by atoms with Gasteiger partial charge in [-0.2, -0.15) is 0 Å². The number of hydrogen-bond acceptors (Lipinski definition) is 3. The molecule has 1 heterocycles. The zero-order valence-electron chi connectivity index (χ0n) is 11.8. The summed E-state index contributed by atoms with van der Waals surface area (Å²) < 4.78 is 26.5. The van der Waals surface area contributed by atoms with E-state index in [1.807, 2.05) is 6.20 Å². The molecule has 108 valence electrons. The van der Waals surface area contributed by atoms with Crippen molar-refractivity contribution in [3.63, 3.8) is 0 Å². The number of nitrogens with zero attached hydrogens (tertiary/aromatic N) is 1. The molecular weight excluding hydrogens is 278 g/mol. The molecule has 1 aromatic carbocycles. The van der Waals surface area contributed by atoms with Gasteiger partial charge in [-0.25, -0.2) is 13.8 Å². The number of aromatic nitrogens is 1. The minimum Gasteiger partial charge on any atom is -0.308 e. The maximum atomic E-state index is 13.4. The number of benzene rings is 1. The smallest absolute Gasteiger partial charge is 0.127 e. The van der Waals surface area contributed by atoms with Gasteiger partial charge in [0.15, 0.2) is 0 Å². The molecule has 0 aliphatic rings. The van der Waals surface area contributed by atoms with Gasteiger partial charge in [0.05, 0.1) is 5.01 Å². The van der Waals surface area contributed by atoms with Gasteiger partial charge < -0.3 is 5.32 Å². The standard InChI is InChI=1S/C15H18F2N2S/c1-15(2,3)14-19-9-12(20-14)8-18-7-10-6-11(16)4-5-13(10)17/h4-6,9,18H,7-8H2,1-3H3. The van der Waals surface area contributed by atoms with Gasteiger partial charge in [-0.05, 0) is 18.2 Å². The van der Waals surface area contributed by atoms with Crippen LogP contribution in [0.2, 0.25) is 0 Å². The Hall–Kier alpha value is -1.33. The summed E-state index contributed by atoms with van der Waals surface area (Å²) >= 11 is 1.64. The summed E-state index contributed by atoms with van der Waals surface area (Å²) in [5.74, 6) is -0.811. The van der Waals surface area contributed by atoms with E-state index in [1.54, 1.807) is 11.3 Å². The van der Waals surface area contributed by atoms with Crippen molar-refractivity contribution in [1.82, 2.24) is 10.3 Å². The number of nitrogens with one attached hydrogen (secondary N) is 1. The van der Waals surface area contributed by atoms with Gasteiger partial charge in [-0.15, -0.1) is 11.3 Å². The molecule has 2 nitrogen and oxygen atoms in total. The van der Waals surface area contributed by atoms with E-state index in [-0.39, 0.29) is 5.41 Å². The SMILES string of the molecule is CC(C)(C)c1ncc(CNCc2cc(F)ccc2F)s1. The third-order valence-electron chi connectivity index (χ3n) is 2.82. The molecule has 2 rings (SSSR count). The first-order chi connectivity index (χ1) is 9.36. The largest absolute Gasteiger partial charge is 0.308 e. The first-order valence-corrected chi connectivity index (χ1v) is 7.28. The van der Waals surface area contributed by atoms with Crippen LogP contribution in [0.4, 0.5) is 8.78 Å². The second kappa shape index (κ2) is 5.97. The van der Waals surface area contributed by atoms with Crippen LogP contribution in [0.3, 0.4) is 0 Å². The number of rotatable bonds is 4. The normalized spacial score (nSPS) is 11.8.